The molecule has 0 aliphatic heterocycles. The molecule has 0 fully saturated rings. The number of nitrogen functional groups attached to an aromatic ring is 1. The van der Waals surface area contributed by atoms with Crippen molar-refractivity contribution in [2.45, 2.75) is 6.92 Å². The van der Waals surface area contributed by atoms with E-state index < -0.39 is 5.82 Å². The van der Waals surface area contributed by atoms with Gasteiger partial charge in [-0.3, -0.25) is 4.79 Å². The maximum atomic E-state index is 12.8. The minimum atomic E-state index is -0.521. The lowest BCUT2D eigenvalue weighted by Gasteiger charge is -2.02. The van der Waals surface area contributed by atoms with E-state index in [9.17, 15) is 9.18 Å². The topological polar surface area (TPSA) is 43.1 Å². The van der Waals surface area contributed by atoms with Crippen LogP contribution in [-0.2, 0) is 0 Å². The van der Waals surface area contributed by atoms with Gasteiger partial charge in [-0.25, -0.2) is 4.39 Å². The van der Waals surface area contributed by atoms with Gasteiger partial charge >= 0.3 is 0 Å². The molecule has 0 bridgehead atoms. The van der Waals surface area contributed by atoms with Crippen LogP contribution in [0.4, 0.5) is 10.1 Å². The molecule has 12 heavy (non-hydrogen) atoms. The quantitative estimate of drug-likeness (QED) is 0.596. The first kappa shape index (κ1) is 9.19. The van der Waals surface area contributed by atoms with Crippen LogP contribution in [0.2, 0.25) is 0 Å². The molecule has 0 radical (unpaired) electrons. The van der Waals surface area contributed by atoms with Gasteiger partial charge in [-0.1, -0.05) is 0 Å². The van der Waals surface area contributed by atoms with Crippen molar-refractivity contribution < 1.29 is 9.18 Å². The van der Waals surface area contributed by atoms with Crippen LogP contribution < -0.4 is 5.73 Å². The maximum absolute atomic E-state index is 12.8. The fourth-order valence-electron chi connectivity index (χ4n) is 0.836. The van der Waals surface area contributed by atoms with Gasteiger partial charge in [-0.05, 0) is 35.0 Å². The largest absolute Gasteiger partial charge is 0.396 e. The van der Waals surface area contributed by atoms with Crippen molar-refractivity contribution in [1.82, 2.24) is 0 Å². The first-order valence-corrected chi connectivity index (χ1v) is 4.07. The highest BCUT2D eigenvalue weighted by Gasteiger charge is 2.08. The third-order valence-corrected chi connectivity index (χ3v) is 2.12. The molecular weight excluding hydrogens is 225 g/mol. The molecule has 0 aliphatic carbocycles. The summed E-state index contributed by atoms with van der Waals surface area (Å²) in [6.07, 6.45) is 0. The second-order valence-corrected chi connectivity index (χ2v) is 3.26. The third kappa shape index (κ3) is 1.64. The summed E-state index contributed by atoms with van der Waals surface area (Å²) in [7, 11) is 0. The van der Waals surface area contributed by atoms with Crippen molar-refractivity contribution in [2.24, 2.45) is 0 Å². The number of Topliss-reactive ketones (excluding diaryl/α,β-unsaturated/α-hetero) is 1. The van der Waals surface area contributed by atoms with E-state index in [1.54, 1.807) is 0 Å². The molecule has 0 atom stereocenters. The summed E-state index contributed by atoms with van der Waals surface area (Å²) in [6, 6.07) is 2.51. The van der Waals surface area contributed by atoms with Crippen molar-refractivity contribution in [2.75, 3.05) is 5.73 Å². The predicted octanol–water partition coefficient (Wildman–Crippen LogP) is 2.37. The minimum Gasteiger partial charge on any atom is -0.396 e. The van der Waals surface area contributed by atoms with Gasteiger partial charge in [0.2, 0.25) is 0 Å². The molecule has 1 aromatic carbocycles. The molecule has 0 saturated carbocycles. The number of carbonyl (C=O) groups excluding carboxylic acids is 1. The van der Waals surface area contributed by atoms with Crippen LogP contribution in [0.3, 0.4) is 0 Å². The van der Waals surface area contributed by atoms with Crippen LogP contribution in [0.1, 0.15) is 17.3 Å². The van der Waals surface area contributed by atoms with Gasteiger partial charge in [0, 0.05) is 10.0 Å². The minimum absolute atomic E-state index is 0.0107. The lowest BCUT2D eigenvalue weighted by Crippen LogP contribution is -1.98. The smallest absolute Gasteiger partial charge is 0.161 e. The Labute approximate surface area is 77.7 Å². The zero-order valence-electron chi connectivity index (χ0n) is 6.40. The summed E-state index contributed by atoms with van der Waals surface area (Å²) in [5.41, 5.74) is 5.67. The van der Waals surface area contributed by atoms with Crippen molar-refractivity contribution in [3.63, 3.8) is 0 Å². The number of hydrogen-bond acceptors (Lipinski definition) is 2. The molecular formula is C8H7BrFNO. The Bertz CT molecular complexity index is 338. The van der Waals surface area contributed by atoms with Gasteiger partial charge in [0.25, 0.3) is 0 Å². The van der Waals surface area contributed by atoms with Crippen molar-refractivity contribution in [3.05, 3.63) is 28.0 Å². The summed E-state index contributed by atoms with van der Waals surface area (Å²) >= 11 is 3.07. The standard InChI is InChI=1S/C8H7BrFNO/c1-4(12)5-2-8(11)7(10)3-6(5)9/h2-3H,11H2,1H3. The molecule has 64 valence electrons. The summed E-state index contributed by atoms with van der Waals surface area (Å²) in [6.45, 7) is 1.40. The van der Waals surface area contributed by atoms with E-state index in [0.29, 0.717) is 10.0 Å². The van der Waals surface area contributed by atoms with E-state index in [0.717, 1.165) is 0 Å². The van der Waals surface area contributed by atoms with Crippen molar-refractivity contribution in [1.29, 1.82) is 0 Å². The van der Waals surface area contributed by atoms with E-state index in [4.69, 9.17) is 5.73 Å². The molecule has 4 heteroatoms. The maximum Gasteiger partial charge on any atom is 0.161 e. The van der Waals surface area contributed by atoms with E-state index in [2.05, 4.69) is 15.9 Å². The Hall–Kier alpha value is -0.900. The third-order valence-electron chi connectivity index (χ3n) is 1.47. The fraction of sp³-hybridized carbons (Fsp3) is 0.125. The molecule has 0 amide bonds. The number of benzene rings is 1. The average Bonchev–Trinajstić information content (AvgIpc) is 1.96. The highest BCUT2D eigenvalue weighted by atomic mass is 79.9. The molecule has 1 rings (SSSR count). The molecule has 2 N–H and O–H groups in total. The highest BCUT2D eigenvalue weighted by molar-refractivity contribution is 9.10. The van der Waals surface area contributed by atoms with E-state index in [-0.39, 0.29) is 11.5 Å². The summed E-state index contributed by atoms with van der Waals surface area (Å²) in [5.74, 6) is -0.666. The van der Waals surface area contributed by atoms with Crippen molar-refractivity contribution in [3.8, 4) is 0 Å². The van der Waals surface area contributed by atoms with Crippen LogP contribution in [-0.4, -0.2) is 5.78 Å². The summed E-state index contributed by atoms with van der Waals surface area (Å²) < 4.78 is 13.2. The monoisotopic (exact) mass is 231 g/mol. The number of anilines is 1. The van der Waals surface area contributed by atoms with Gasteiger partial charge in [0.1, 0.15) is 5.82 Å². The van der Waals surface area contributed by atoms with Crippen LogP contribution >= 0.6 is 15.9 Å². The molecule has 0 aromatic heterocycles. The van der Waals surface area contributed by atoms with Crippen LogP contribution in [0.25, 0.3) is 0 Å². The number of ketones is 1. The van der Waals surface area contributed by atoms with E-state index >= 15 is 0 Å². The van der Waals surface area contributed by atoms with Crippen LogP contribution in [0, 0.1) is 5.82 Å². The highest BCUT2D eigenvalue weighted by Crippen LogP contribution is 2.22. The second kappa shape index (κ2) is 3.23. The number of nitrogens with two attached hydrogens (primary N) is 1. The number of halogens is 2. The fourth-order valence-corrected chi connectivity index (χ4v) is 1.43. The lowest BCUT2D eigenvalue weighted by atomic mass is 10.1. The molecule has 0 aliphatic rings. The van der Waals surface area contributed by atoms with Gasteiger partial charge < -0.3 is 5.73 Å². The zero-order valence-corrected chi connectivity index (χ0v) is 7.98. The number of hydrogen-bond donors (Lipinski definition) is 1. The van der Waals surface area contributed by atoms with Crippen molar-refractivity contribution >= 4 is 27.4 Å². The molecule has 2 nitrogen and oxygen atoms in total. The zero-order chi connectivity index (χ0) is 9.30. The van der Waals surface area contributed by atoms with Crippen LogP contribution in [0.15, 0.2) is 16.6 Å². The predicted molar refractivity (Wildman–Crippen MR) is 48.5 cm³/mol. The average molecular weight is 232 g/mol. The van der Waals surface area contributed by atoms with Crippen LogP contribution in [0.5, 0.6) is 0 Å². The lowest BCUT2D eigenvalue weighted by molar-refractivity contribution is 0.101. The molecule has 0 spiro atoms. The number of rotatable bonds is 1. The second-order valence-electron chi connectivity index (χ2n) is 2.41. The van der Waals surface area contributed by atoms with Gasteiger partial charge in [0.05, 0.1) is 5.69 Å². The van der Waals surface area contributed by atoms with Gasteiger partial charge in [0.15, 0.2) is 5.78 Å². The normalized spacial score (nSPS) is 9.92. The Morgan fingerprint density at radius 2 is 2.17 bits per heavy atom. The number of carbonyl (C=O) groups is 1. The molecule has 1 aromatic rings. The first-order chi connectivity index (χ1) is 5.52. The Kier molecular flexibility index (Phi) is 2.47. The van der Waals surface area contributed by atoms with Gasteiger partial charge in [-0.2, -0.15) is 0 Å². The summed E-state index contributed by atoms with van der Waals surface area (Å²) in [4.78, 5) is 10.9. The van der Waals surface area contributed by atoms with E-state index in [1.807, 2.05) is 0 Å². The summed E-state index contributed by atoms with van der Waals surface area (Å²) in [5, 5.41) is 0. The SMILES string of the molecule is CC(=O)c1cc(N)c(F)cc1Br. The Balaban J connectivity index is 3.33. The molecule has 0 saturated heterocycles. The first-order valence-electron chi connectivity index (χ1n) is 3.28. The Morgan fingerprint density at radius 1 is 1.58 bits per heavy atom. The van der Waals surface area contributed by atoms with E-state index in [1.165, 1.54) is 19.1 Å². The van der Waals surface area contributed by atoms with Gasteiger partial charge in [-0.15, -0.1) is 0 Å². The Morgan fingerprint density at radius 3 is 2.67 bits per heavy atom. The molecule has 0 unspecified atom stereocenters. The molecule has 0 heterocycles.